The Bertz CT molecular complexity index is 245. The van der Waals surface area contributed by atoms with Crippen molar-refractivity contribution in [2.24, 2.45) is 17.8 Å². The normalized spacial score (nSPS) is 25.8. The highest BCUT2D eigenvalue weighted by atomic mass is 16.2. The van der Waals surface area contributed by atoms with Gasteiger partial charge in [0.15, 0.2) is 0 Å². The number of hydrogen-bond donors (Lipinski definition) is 2. The molecule has 0 radical (unpaired) electrons. The molecule has 1 amide bonds. The number of amides is 1. The topological polar surface area (TPSA) is 41.1 Å². The molecule has 1 atom stereocenters. The van der Waals surface area contributed by atoms with E-state index in [4.69, 9.17) is 0 Å². The van der Waals surface area contributed by atoms with Crippen LogP contribution in [0.25, 0.3) is 0 Å². The van der Waals surface area contributed by atoms with Crippen molar-refractivity contribution in [3.63, 3.8) is 0 Å². The first-order valence-electron chi connectivity index (χ1n) is 6.94. The van der Waals surface area contributed by atoms with Crippen LogP contribution >= 0.6 is 0 Å². The summed E-state index contributed by atoms with van der Waals surface area (Å²) in [5, 5.41) is 6.38. The minimum atomic E-state index is -0.0631. The fourth-order valence-electron chi connectivity index (χ4n) is 2.23. The van der Waals surface area contributed by atoms with Crippen LogP contribution in [-0.4, -0.2) is 24.5 Å². The third kappa shape index (κ3) is 4.66. The molecule has 1 rings (SSSR count). The van der Waals surface area contributed by atoms with Gasteiger partial charge >= 0.3 is 0 Å². The zero-order valence-electron chi connectivity index (χ0n) is 11.9. The van der Waals surface area contributed by atoms with Gasteiger partial charge in [-0.25, -0.2) is 0 Å². The van der Waals surface area contributed by atoms with E-state index in [1.807, 2.05) is 6.92 Å². The van der Waals surface area contributed by atoms with Crippen LogP contribution in [0.5, 0.6) is 0 Å². The molecular weight excluding hydrogens is 212 g/mol. The Morgan fingerprint density at radius 3 is 2.24 bits per heavy atom. The first-order chi connectivity index (χ1) is 7.90. The predicted molar refractivity (Wildman–Crippen MR) is 71.8 cm³/mol. The molecule has 1 aliphatic carbocycles. The van der Waals surface area contributed by atoms with Crippen LogP contribution in [0.2, 0.25) is 0 Å². The molecule has 2 N–H and O–H groups in total. The summed E-state index contributed by atoms with van der Waals surface area (Å²) in [7, 11) is 0. The highest BCUT2D eigenvalue weighted by Gasteiger charge is 2.32. The maximum Gasteiger partial charge on any atom is 0.236 e. The Labute approximate surface area is 106 Å². The lowest BCUT2D eigenvalue weighted by Gasteiger charge is -2.39. The Hall–Kier alpha value is -0.570. The van der Waals surface area contributed by atoms with Crippen LogP contribution < -0.4 is 10.6 Å². The second kappa shape index (κ2) is 6.39. The largest absolute Gasteiger partial charge is 0.354 e. The maximum atomic E-state index is 11.8. The molecular formula is C14H28N2O. The van der Waals surface area contributed by atoms with Crippen LogP contribution in [0.15, 0.2) is 0 Å². The monoisotopic (exact) mass is 240 g/mol. The SMILES string of the molecule is CC(C)CNC(=O)C(C)NC1CC(C(C)C)C1. The van der Waals surface area contributed by atoms with Crippen LogP contribution in [-0.2, 0) is 4.79 Å². The van der Waals surface area contributed by atoms with E-state index >= 15 is 0 Å². The van der Waals surface area contributed by atoms with E-state index < -0.39 is 0 Å². The van der Waals surface area contributed by atoms with Crippen LogP contribution in [0, 0.1) is 17.8 Å². The minimum absolute atomic E-state index is 0.0631. The van der Waals surface area contributed by atoms with Crippen molar-refractivity contribution in [3.8, 4) is 0 Å². The summed E-state index contributed by atoms with van der Waals surface area (Å²) in [6.45, 7) is 11.5. The average molecular weight is 240 g/mol. The van der Waals surface area contributed by atoms with Crippen molar-refractivity contribution in [2.75, 3.05) is 6.54 Å². The van der Waals surface area contributed by atoms with Crippen molar-refractivity contribution in [2.45, 2.75) is 59.5 Å². The first kappa shape index (κ1) is 14.5. The van der Waals surface area contributed by atoms with Crippen molar-refractivity contribution >= 4 is 5.91 Å². The zero-order chi connectivity index (χ0) is 13.0. The average Bonchev–Trinajstić information content (AvgIpc) is 2.18. The van der Waals surface area contributed by atoms with Crippen molar-refractivity contribution in [1.29, 1.82) is 0 Å². The van der Waals surface area contributed by atoms with Gasteiger partial charge in [0.05, 0.1) is 6.04 Å². The van der Waals surface area contributed by atoms with Gasteiger partial charge < -0.3 is 10.6 Å². The molecule has 0 aliphatic heterocycles. The summed E-state index contributed by atoms with van der Waals surface area (Å²) in [5.74, 6) is 2.27. The van der Waals surface area contributed by atoms with E-state index in [0.717, 1.165) is 18.4 Å². The van der Waals surface area contributed by atoms with Gasteiger partial charge in [0, 0.05) is 12.6 Å². The summed E-state index contributed by atoms with van der Waals surface area (Å²) in [4.78, 5) is 11.8. The quantitative estimate of drug-likeness (QED) is 0.747. The molecule has 1 unspecified atom stereocenters. The molecule has 17 heavy (non-hydrogen) atoms. The third-order valence-corrected chi connectivity index (χ3v) is 3.68. The molecule has 0 saturated heterocycles. The highest BCUT2D eigenvalue weighted by molar-refractivity contribution is 5.81. The zero-order valence-corrected chi connectivity index (χ0v) is 11.9. The molecule has 100 valence electrons. The smallest absolute Gasteiger partial charge is 0.236 e. The van der Waals surface area contributed by atoms with Crippen LogP contribution in [0.1, 0.15) is 47.5 Å². The molecule has 0 heterocycles. The molecule has 3 nitrogen and oxygen atoms in total. The maximum absolute atomic E-state index is 11.8. The predicted octanol–water partition coefficient (Wildman–Crippen LogP) is 2.17. The van der Waals surface area contributed by atoms with E-state index in [1.165, 1.54) is 12.8 Å². The molecule has 0 spiro atoms. The van der Waals surface area contributed by atoms with Gasteiger partial charge in [0.2, 0.25) is 5.91 Å². The van der Waals surface area contributed by atoms with Gasteiger partial charge in [-0.3, -0.25) is 4.79 Å². The molecule has 1 saturated carbocycles. The molecule has 1 aliphatic rings. The summed E-state index contributed by atoms with van der Waals surface area (Å²) in [6.07, 6.45) is 2.44. The lowest BCUT2D eigenvalue weighted by atomic mass is 9.73. The highest BCUT2D eigenvalue weighted by Crippen LogP contribution is 2.33. The molecule has 3 heteroatoms. The van der Waals surface area contributed by atoms with Gasteiger partial charge in [-0.1, -0.05) is 27.7 Å². The molecule has 0 aromatic heterocycles. The minimum Gasteiger partial charge on any atom is -0.354 e. The van der Waals surface area contributed by atoms with Crippen molar-refractivity contribution in [3.05, 3.63) is 0 Å². The van der Waals surface area contributed by atoms with Gasteiger partial charge in [0.25, 0.3) is 0 Å². The van der Waals surface area contributed by atoms with Crippen LogP contribution in [0.4, 0.5) is 0 Å². The molecule has 0 aromatic carbocycles. The number of nitrogens with one attached hydrogen (secondary N) is 2. The Kier molecular flexibility index (Phi) is 5.44. The first-order valence-corrected chi connectivity index (χ1v) is 6.94. The number of carbonyl (C=O) groups is 1. The standard InChI is InChI=1S/C14H28N2O/c1-9(2)8-15-14(17)11(5)16-13-6-12(7-13)10(3)4/h9-13,16H,6-8H2,1-5H3,(H,15,17). The molecule has 0 aromatic rings. The summed E-state index contributed by atoms with van der Waals surface area (Å²) >= 11 is 0. The summed E-state index contributed by atoms with van der Waals surface area (Å²) in [6, 6.07) is 0.481. The summed E-state index contributed by atoms with van der Waals surface area (Å²) in [5.41, 5.74) is 0. The van der Waals surface area contributed by atoms with Gasteiger partial charge in [0.1, 0.15) is 0 Å². The van der Waals surface area contributed by atoms with Crippen molar-refractivity contribution < 1.29 is 4.79 Å². The van der Waals surface area contributed by atoms with Gasteiger partial charge in [-0.15, -0.1) is 0 Å². The second-order valence-corrected chi connectivity index (χ2v) is 6.20. The van der Waals surface area contributed by atoms with E-state index in [2.05, 4.69) is 38.3 Å². The van der Waals surface area contributed by atoms with Crippen molar-refractivity contribution in [1.82, 2.24) is 10.6 Å². The van der Waals surface area contributed by atoms with Gasteiger partial charge in [-0.2, -0.15) is 0 Å². The van der Waals surface area contributed by atoms with E-state index in [0.29, 0.717) is 12.0 Å². The van der Waals surface area contributed by atoms with E-state index in [1.54, 1.807) is 0 Å². The fraction of sp³-hybridized carbons (Fsp3) is 0.929. The molecule has 0 bridgehead atoms. The number of carbonyl (C=O) groups excluding carboxylic acids is 1. The Morgan fingerprint density at radius 1 is 1.18 bits per heavy atom. The Morgan fingerprint density at radius 2 is 1.76 bits per heavy atom. The van der Waals surface area contributed by atoms with Gasteiger partial charge in [-0.05, 0) is 37.5 Å². The fourth-order valence-corrected chi connectivity index (χ4v) is 2.23. The lowest BCUT2D eigenvalue weighted by molar-refractivity contribution is -0.123. The van der Waals surface area contributed by atoms with E-state index in [-0.39, 0.29) is 11.9 Å². The van der Waals surface area contributed by atoms with Crippen LogP contribution in [0.3, 0.4) is 0 Å². The number of hydrogen-bond acceptors (Lipinski definition) is 2. The lowest BCUT2D eigenvalue weighted by Crippen LogP contribution is -2.52. The van der Waals surface area contributed by atoms with E-state index in [9.17, 15) is 4.79 Å². The Balaban J connectivity index is 2.17. The third-order valence-electron chi connectivity index (χ3n) is 3.68. The number of rotatable bonds is 6. The summed E-state index contributed by atoms with van der Waals surface area (Å²) < 4.78 is 0. The second-order valence-electron chi connectivity index (χ2n) is 6.20. The molecule has 1 fully saturated rings.